The summed E-state index contributed by atoms with van der Waals surface area (Å²) in [4.78, 5) is 15.0. The van der Waals surface area contributed by atoms with Crippen LogP contribution in [0.2, 0.25) is 0 Å². The smallest absolute Gasteiger partial charge is 0.271 e. The van der Waals surface area contributed by atoms with Gasteiger partial charge in [-0.15, -0.1) is 0 Å². The van der Waals surface area contributed by atoms with Crippen LogP contribution >= 0.6 is 0 Å². The van der Waals surface area contributed by atoms with Crippen LogP contribution in [0.5, 0.6) is 5.75 Å². The minimum atomic E-state index is -0.295. The molecule has 0 saturated heterocycles. The van der Waals surface area contributed by atoms with Crippen LogP contribution in [0.1, 0.15) is 38.2 Å². The standard InChI is InChI=1S/C28H25N3O2/c1-18-12-22-16-31(17-23(22)13-19(18)2)24-8-5-7-21(14-24)28(33)30-29-15-26-25-9-4-3-6-20(25)10-11-27(26)32/h3-15,32H,16-17H2,1-2H3,(H,30,33)/b29-15-. The highest BCUT2D eigenvalue weighted by Crippen LogP contribution is 2.30. The van der Waals surface area contributed by atoms with Crippen molar-refractivity contribution in [2.75, 3.05) is 4.90 Å². The number of aromatic hydroxyl groups is 1. The van der Waals surface area contributed by atoms with E-state index in [-0.39, 0.29) is 11.7 Å². The van der Waals surface area contributed by atoms with Crippen molar-refractivity contribution in [3.63, 3.8) is 0 Å². The maximum absolute atomic E-state index is 12.8. The second-order valence-electron chi connectivity index (χ2n) is 8.53. The molecule has 0 atom stereocenters. The summed E-state index contributed by atoms with van der Waals surface area (Å²) in [6.45, 7) is 5.95. The van der Waals surface area contributed by atoms with Gasteiger partial charge in [0.2, 0.25) is 0 Å². The number of phenolic OH excluding ortho intramolecular Hbond substituents is 1. The first-order valence-electron chi connectivity index (χ1n) is 11.0. The molecule has 0 fully saturated rings. The lowest BCUT2D eigenvalue weighted by molar-refractivity contribution is 0.0955. The van der Waals surface area contributed by atoms with Gasteiger partial charge in [-0.2, -0.15) is 5.10 Å². The van der Waals surface area contributed by atoms with Gasteiger partial charge in [-0.25, -0.2) is 5.43 Å². The third kappa shape index (κ3) is 4.05. The maximum atomic E-state index is 12.8. The van der Waals surface area contributed by atoms with E-state index in [1.165, 1.54) is 28.5 Å². The number of fused-ring (bicyclic) bond motifs is 2. The Balaban J connectivity index is 1.32. The average molecular weight is 436 g/mol. The zero-order chi connectivity index (χ0) is 22.9. The van der Waals surface area contributed by atoms with E-state index in [1.807, 2.05) is 48.5 Å². The number of carbonyl (C=O) groups is 1. The van der Waals surface area contributed by atoms with Crippen molar-refractivity contribution in [1.29, 1.82) is 0 Å². The molecular weight excluding hydrogens is 410 g/mol. The second-order valence-corrected chi connectivity index (χ2v) is 8.53. The second kappa shape index (κ2) is 8.43. The summed E-state index contributed by atoms with van der Waals surface area (Å²) >= 11 is 0. The van der Waals surface area contributed by atoms with Crippen molar-refractivity contribution in [2.24, 2.45) is 5.10 Å². The SMILES string of the molecule is Cc1cc2c(cc1C)CN(c1cccc(C(=O)N/N=C\c3c(O)ccc4ccccc34)c1)C2. The Hall–Kier alpha value is -4.12. The molecule has 2 N–H and O–H groups in total. The summed E-state index contributed by atoms with van der Waals surface area (Å²) in [7, 11) is 0. The van der Waals surface area contributed by atoms with E-state index < -0.39 is 0 Å². The average Bonchev–Trinajstić information content (AvgIpc) is 3.23. The Morgan fingerprint density at radius 3 is 2.42 bits per heavy atom. The normalized spacial score (nSPS) is 13.0. The fourth-order valence-corrected chi connectivity index (χ4v) is 4.36. The first-order valence-corrected chi connectivity index (χ1v) is 11.0. The molecule has 0 aromatic heterocycles. The number of hydrogen-bond acceptors (Lipinski definition) is 4. The lowest BCUT2D eigenvalue weighted by Gasteiger charge is -2.18. The molecular formula is C28H25N3O2. The molecule has 5 nitrogen and oxygen atoms in total. The predicted octanol–water partition coefficient (Wildman–Crippen LogP) is 5.45. The van der Waals surface area contributed by atoms with Crippen LogP contribution in [0.15, 0.2) is 77.9 Å². The Bertz CT molecular complexity index is 1380. The molecule has 5 rings (SSSR count). The third-order valence-electron chi connectivity index (χ3n) is 6.32. The number of carbonyl (C=O) groups excluding carboxylic acids is 1. The number of amides is 1. The molecule has 0 bridgehead atoms. The summed E-state index contributed by atoms with van der Waals surface area (Å²) in [5, 5.41) is 16.2. The number of benzene rings is 4. The zero-order valence-corrected chi connectivity index (χ0v) is 18.7. The van der Waals surface area contributed by atoms with Crippen LogP contribution in [-0.4, -0.2) is 17.2 Å². The van der Waals surface area contributed by atoms with Crippen LogP contribution < -0.4 is 10.3 Å². The molecule has 0 unspecified atom stereocenters. The van der Waals surface area contributed by atoms with Crippen molar-refractivity contribution in [1.82, 2.24) is 5.43 Å². The van der Waals surface area contributed by atoms with E-state index in [2.05, 4.69) is 41.4 Å². The van der Waals surface area contributed by atoms with Crippen LogP contribution in [0.3, 0.4) is 0 Å². The number of hydrogen-bond donors (Lipinski definition) is 2. The van der Waals surface area contributed by atoms with Crippen LogP contribution in [0.25, 0.3) is 10.8 Å². The quantitative estimate of drug-likeness (QED) is 0.331. The maximum Gasteiger partial charge on any atom is 0.271 e. The summed E-state index contributed by atoms with van der Waals surface area (Å²) in [6.07, 6.45) is 1.49. The van der Waals surface area contributed by atoms with Crippen molar-refractivity contribution >= 4 is 28.6 Å². The van der Waals surface area contributed by atoms with E-state index in [9.17, 15) is 9.90 Å². The molecule has 1 amide bonds. The van der Waals surface area contributed by atoms with Crippen LogP contribution in [0, 0.1) is 13.8 Å². The van der Waals surface area contributed by atoms with Gasteiger partial charge in [0.1, 0.15) is 5.75 Å². The number of anilines is 1. The highest BCUT2D eigenvalue weighted by molar-refractivity contribution is 6.03. The molecule has 4 aromatic carbocycles. The van der Waals surface area contributed by atoms with Gasteiger partial charge >= 0.3 is 0 Å². The lowest BCUT2D eigenvalue weighted by Crippen LogP contribution is -2.19. The van der Waals surface area contributed by atoms with Gasteiger partial charge in [0.05, 0.1) is 6.21 Å². The van der Waals surface area contributed by atoms with Crippen molar-refractivity contribution < 1.29 is 9.90 Å². The molecule has 0 radical (unpaired) electrons. The van der Waals surface area contributed by atoms with Crippen molar-refractivity contribution in [2.45, 2.75) is 26.9 Å². The van der Waals surface area contributed by atoms with E-state index >= 15 is 0 Å². The molecule has 33 heavy (non-hydrogen) atoms. The highest BCUT2D eigenvalue weighted by Gasteiger charge is 2.20. The van der Waals surface area contributed by atoms with Gasteiger partial charge in [-0.05, 0) is 71.1 Å². The van der Waals surface area contributed by atoms with Crippen LogP contribution in [-0.2, 0) is 13.1 Å². The molecule has 5 heteroatoms. The van der Waals surface area contributed by atoms with E-state index in [1.54, 1.807) is 12.1 Å². The van der Waals surface area contributed by atoms with Gasteiger partial charge < -0.3 is 10.0 Å². The van der Waals surface area contributed by atoms with E-state index in [0.29, 0.717) is 11.1 Å². The fraction of sp³-hybridized carbons (Fsp3) is 0.143. The molecule has 1 aliphatic heterocycles. The zero-order valence-electron chi connectivity index (χ0n) is 18.7. The largest absolute Gasteiger partial charge is 0.507 e. The van der Waals surface area contributed by atoms with Gasteiger partial charge in [0, 0.05) is 29.9 Å². The highest BCUT2D eigenvalue weighted by atomic mass is 16.3. The van der Waals surface area contributed by atoms with E-state index in [4.69, 9.17) is 0 Å². The fourth-order valence-electron chi connectivity index (χ4n) is 4.36. The molecule has 1 heterocycles. The molecule has 0 aliphatic carbocycles. The number of hydrazone groups is 1. The van der Waals surface area contributed by atoms with Crippen LogP contribution in [0.4, 0.5) is 5.69 Å². The number of rotatable bonds is 4. The summed E-state index contributed by atoms with van der Waals surface area (Å²) in [5.74, 6) is -0.177. The lowest BCUT2D eigenvalue weighted by atomic mass is 10.0. The van der Waals surface area contributed by atoms with E-state index in [0.717, 1.165) is 29.5 Å². The van der Waals surface area contributed by atoms with Crippen molar-refractivity contribution in [3.05, 3.63) is 106 Å². The molecule has 0 spiro atoms. The molecule has 1 aliphatic rings. The van der Waals surface area contributed by atoms with Gasteiger partial charge in [-0.1, -0.05) is 48.5 Å². The molecule has 0 saturated carbocycles. The Kier molecular flexibility index (Phi) is 5.31. The number of nitrogens with one attached hydrogen (secondary N) is 1. The predicted molar refractivity (Wildman–Crippen MR) is 133 cm³/mol. The summed E-state index contributed by atoms with van der Waals surface area (Å²) < 4.78 is 0. The monoisotopic (exact) mass is 435 g/mol. The Labute approximate surface area is 193 Å². The van der Waals surface area contributed by atoms with Gasteiger partial charge in [-0.3, -0.25) is 4.79 Å². The Morgan fingerprint density at radius 2 is 1.67 bits per heavy atom. The number of aryl methyl sites for hydroxylation is 2. The number of phenols is 1. The minimum Gasteiger partial charge on any atom is -0.507 e. The minimum absolute atomic E-state index is 0.118. The number of nitrogens with zero attached hydrogens (tertiary/aromatic N) is 2. The first kappa shape index (κ1) is 20.8. The molecule has 164 valence electrons. The summed E-state index contributed by atoms with van der Waals surface area (Å²) in [5.41, 5.74) is 9.99. The molecule has 4 aromatic rings. The van der Waals surface area contributed by atoms with Gasteiger partial charge in [0.25, 0.3) is 5.91 Å². The van der Waals surface area contributed by atoms with Gasteiger partial charge in [0.15, 0.2) is 0 Å². The Morgan fingerprint density at radius 1 is 0.939 bits per heavy atom. The van der Waals surface area contributed by atoms with Crippen molar-refractivity contribution in [3.8, 4) is 5.75 Å². The third-order valence-corrected chi connectivity index (χ3v) is 6.32. The topological polar surface area (TPSA) is 64.9 Å². The summed E-state index contributed by atoms with van der Waals surface area (Å²) in [6, 6.07) is 23.3. The first-order chi connectivity index (χ1) is 16.0.